The third-order valence-corrected chi connectivity index (χ3v) is 5.25. The highest BCUT2D eigenvalue weighted by Gasteiger charge is 2.60. The molecule has 1 aliphatic heterocycles. The molecule has 1 heterocycles. The number of anilines is 1. The maximum absolute atomic E-state index is 12.7. The number of fused-ring (bicyclic) bond motifs is 5. The van der Waals surface area contributed by atoms with Crippen LogP contribution in [-0.2, 0) is 9.59 Å². The first kappa shape index (κ1) is 13.2. The molecule has 0 radical (unpaired) electrons. The predicted molar refractivity (Wildman–Crippen MR) is 78.2 cm³/mol. The van der Waals surface area contributed by atoms with Crippen molar-refractivity contribution in [1.29, 1.82) is 0 Å². The number of imide groups is 1. The summed E-state index contributed by atoms with van der Waals surface area (Å²) in [4.78, 5) is 37.5. The summed E-state index contributed by atoms with van der Waals surface area (Å²) in [6, 6.07) is 5.90. The van der Waals surface area contributed by atoms with Crippen LogP contribution in [0.2, 0.25) is 0 Å². The fraction of sp³-hybridized carbons (Fsp3) is 0.353. The second kappa shape index (κ2) is 4.29. The summed E-state index contributed by atoms with van der Waals surface area (Å²) in [6.07, 6.45) is 3.04. The number of nitrogens with zero attached hydrogens (tertiary/aromatic N) is 1. The quantitative estimate of drug-likeness (QED) is 0.670. The number of amides is 2. The summed E-state index contributed by atoms with van der Waals surface area (Å²) in [5.41, 5.74) is 1.82. The van der Waals surface area contributed by atoms with Crippen molar-refractivity contribution in [3.63, 3.8) is 0 Å². The molecular weight excluding hydrogens is 282 g/mol. The normalized spacial score (nSPS) is 32.4. The van der Waals surface area contributed by atoms with E-state index in [1.807, 2.05) is 6.92 Å². The van der Waals surface area contributed by atoms with Gasteiger partial charge in [-0.3, -0.25) is 14.5 Å². The molecule has 22 heavy (non-hydrogen) atoms. The van der Waals surface area contributed by atoms with Crippen LogP contribution in [-0.4, -0.2) is 22.9 Å². The van der Waals surface area contributed by atoms with E-state index >= 15 is 0 Å². The van der Waals surface area contributed by atoms with E-state index in [0.717, 1.165) is 6.42 Å². The van der Waals surface area contributed by atoms with Gasteiger partial charge in [0.05, 0.1) is 23.1 Å². The summed E-state index contributed by atoms with van der Waals surface area (Å²) in [5, 5.41) is 8.93. The number of rotatable bonds is 2. The Labute approximate surface area is 127 Å². The van der Waals surface area contributed by atoms with Gasteiger partial charge in [-0.05, 0) is 49.4 Å². The first-order valence-corrected chi connectivity index (χ1v) is 7.38. The van der Waals surface area contributed by atoms with Gasteiger partial charge in [-0.15, -0.1) is 0 Å². The zero-order valence-corrected chi connectivity index (χ0v) is 12.0. The van der Waals surface area contributed by atoms with Gasteiger partial charge in [0.15, 0.2) is 0 Å². The molecule has 1 aromatic carbocycles. The van der Waals surface area contributed by atoms with Crippen molar-refractivity contribution in [2.45, 2.75) is 13.3 Å². The maximum Gasteiger partial charge on any atom is 0.335 e. The van der Waals surface area contributed by atoms with E-state index in [9.17, 15) is 14.4 Å². The van der Waals surface area contributed by atoms with E-state index in [1.54, 1.807) is 0 Å². The van der Waals surface area contributed by atoms with Crippen LogP contribution < -0.4 is 4.90 Å². The van der Waals surface area contributed by atoms with E-state index < -0.39 is 5.97 Å². The minimum Gasteiger partial charge on any atom is -0.478 e. The van der Waals surface area contributed by atoms with Gasteiger partial charge in [-0.2, -0.15) is 0 Å². The SMILES string of the molecule is CC1=C[C@@H]2C[C@H]1[C@@H]1C(=O)N(c3ccc(C(=O)O)cc3)C(=O)[C@H]12. The molecular formula is C17H15NO4. The number of benzene rings is 1. The predicted octanol–water partition coefficient (Wildman–Crippen LogP) is 2.09. The van der Waals surface area contributed by atoms with Crippen molar-refractivity contribution in [3.05, 3.63) is 41.5 Å². The molecule has 1 aromatic rings. The zero-order valence-electron chi connectivity index (χ0n) is 12.0. The maximum atomic E-state index is 12.7. The van der Waals surface area contributed by atoms with Gasteiger partial charge in [0.2, 0.25) is 11.8 Å². The Hall–Kier alpha value is -2.43. The highest BCUT2D eigenvalue weighted by atomic mass is 16.4. The molecule has 4 atom stereocenters. The molecule has 0 aromatic heterocycles. The fourth-order valence-electron chi connectivity index (χ4n) is 4.28. The third kappa shape index (κ3) is 1.56. The lowest BCUT2D eigenvalue weighted by atomic mass is 9.82. The van der Waals surface area contributed by atoms with Crippen LogP contribution in [0, 0.1) is 23.7 Å². The van der Waals surface area contributed by atoms with Crippen LogP contribution in [0.15, 0.2) is 35.9 Å². The number of aromatic carboxylic acids is 1. The highest BCUT2D eigenvalue weighted by molar-refractivity contribution is 6.22. The summed E-state index contributed by atoms with van der Waals surface area (Å²) >= 11 is 0. The molecule has 4 rings (SSSR count). The first-order valence-electron chi connectivity index (χ1n) is 7.38. The molecule has 112 valence electrons. The number of hydrogen-bond donors (Lipinski definition) is 1. The molecule has 3 aliphatic rings. The molecule has 2 aliphatic carbocycles. The molecule has 2 fully saturated rings. The van der Waals surface area contributed by atoms with Gasteiger partial charge >= 0.3 is 5.97 Å². The van der Waals surface area contributed by atoms with E-state index in [2.05, 4.69) is 6.08 Å². The molecule has 2 amide bonds. The third-order valence-electron chi connectivity index (χ3n) is 5.25. The Morgan fingerprint density at radius 3 is 2.41 bits per heavy atom. The minimum absolute atomic E-state index is 0.139. The lowest BCUT2D eigenvalue weighted by molar-refractivity contribution is -0.123. The van der Waals surface area contributed by atoms with Crippen molar-refractivity contribution in [1.82, 2.24) is 0 Å². The number of carboxylic acid groups (broad SMARTS) is 1. The summed E-state index contributed by atoms with van der Waals surface area (Å²) in [6.45, 7) is 2.03. The number of hydrogen-bond acceptors (Lipinski definition) is 3. The van der Waals surface area contributed by atoms with Crippen LogP contribution in [0.3, 0.4) is 0 Å². The minimum atomic E-state index is -1.03. The van der Waals surface area contributed by atoms with E-state index in [0.29, 0.717) is 5.69 Å². The Morgan fingerprint density at radius 1 is 1.14 bits per heavy atom. The van der Waals surface area contributed by atoms with Gasteiger partial charge in [0.1, 0.15) is 0 Å². The molecule has 1 saturated heterocycles. The van der Waals surface area contributed by atoms with Crippen molar-refractivity contribution < 1.29 is 19.5 Å². The largest absolute Gasteiger partial charge is 0.478 e. The van der Waals surface area contributed by atoms with E-state index in [1.165, 1.54) is 34.7 Å². The van der Waals surface area contributed by atoms with E-state index in [4.69, 9.17) is 5.11 Å². The van der Waals surface area contributed by atoms with Crippen LogP contribution in [0.4, 0.5) is 5.69 Å². The lowest BCUT2D eigenvalue weighted by Crippen LogP contribution is -2.32. The van der Waals surface area contributed by atoms with Crippen molar-refractivity contribution in [2.24, 2.45) is 23.7 Å². The number of carbonyl (C=O) groups is 3. The monoisotopic (exact) mass is 297 g/mol. The Bertz CT molecular complexity index is 734. The Kier molecular flexibility index (Phi) is 2.58. The molecule has 0 unspecified atom stereocenters. The highest BCUT2D eigenvalue weighted by Crippen LogP contribution is 2.55. The van der Waals surface area contributed by atoms with Gasteiger partial charge in [-0.1, -0.05) is 11.6 Å². The van der Waals surface area contributed by atoms with Crippen LogP contribution in [0.25, 0.3) is 0 Å². The van der Waals surface area contributed by atoms with Crippen molar-refractivity contribution in [3.8, 4) is 0 Å². The van der Waals surface area contributed by atoms with Crippen LogP contribution in [0.1, 0.15) is 23.7 Å². The van der Waals surface area contributed by atoms with Gasteiger partial charge in [-0.25, -0.2) is 4.79 Å². The molecule has 5 nitrogen and oxygen atoms in total. The molecule has 5 heteroatoms. The van der Waals surface area contributed by atoms with Crippen LogP contribution in [0.5, 0.6) is 0 Å². The smallest absolute Gasteiger partial charge is 0.335 e. The van der Waals surface area contributed by atoms with Gasteiger partial charge in [0, 0.05) is 0 Å². The van der Waals surface area contributed by atoms with Gasteiger partial charge in [0.25, 0.3) is 0 Å². The lowest BCUT2D eigenvalue weighted by Gasteiger charge is -2.19. The summed E-state index contributed by atoms with van der Waals surface area (Å²) in [5.74, 6) is -1.42. The van der Waals surface area contributed by atoms with Gasteiger partial charge < -0.3 is 5.11 Å². The zero-order chi connectivity index (χ0) is 15.6. The number of carbonyl (C=O) groups excluding carboxylic acids is 2. The Morgan fingerprint density at radius 2 is 1.77 bits per heavy atom. The number of allylic oxidation sites excluding steroid dienone is 2. The molecule has 0 spiro atoms. The van der Waals surface area contributed by atoms with Crippen LogP contribution >= 0.6 is 0 Å². The van der Waals surface area contributed by atoms with Crippen molar-refractivity contribution >= 4 is 23.5 Å². The fourth-order valence-corrected chi connectivity index (χ4v) is 4.28. The van der Waals surface area contributed by atoms with Crippen molar-refractivity contribution in [2.75, 3.05) is 4.90 Å². The molecule has 2 bridgehead atoms. The topological polar surface area (TPSA) is 74.7 Å². The first-order chi connectivity index (χ1) is 10.5. The number of carboxylic acids is 1. The average Bonchev–Trinajstić information content (AvgIpc) is 3.11. The summed E-state index contributed by atoms with van der Waals surface area (Å²) < 4.78 is 0. The standard InChI is InChI=1S/C17H15NO4/c1-8-6-10-7-12(8)14-13(10)15(19)18(16(14)20)11-4-2-9(3-5-11)17(21)22/h2-6,10,12-14H,7H2,1H3,(H,21,22)/t10-,12-,13+,14+/m1/s1. The summed E-state index contributed by atoms with van der Waals surface area (Å²) in [7, 11) is 0. The average molecular weight is 297 g/mol. The molecule has 1 N–H and O–H groups in total. The van der Waals surface area contributed by atoms with E-state index in [-0.39, 0.29) is 41.0 Å². The second-order valence-electron chi connectivity index (χ2n) is 6.33. The molecule has 1 saturated carbocycles. The second-order valence-corrected chi connectivity index (χ2v) is 6.33. The Balaban J connectivity index is 1.69.